The molecular weight excluding hydrogens is 534 g/mol. The maximum absolute atomic E-state index is 12.6. The molecule has 40 heavy (non-hydrogen) atoms. The number of rotatable bonds is 8. The average Bonchev–Trinajstić information content (AvgIpc) is 3.29. The van der Waals surface area contributed by atoms with E-state index in [1.54, 1.807) is 30.3 Å². The number of nitrogens with one attached hydrogen (secondary N) is 1. The molecule has 0 aliphatic carbocycles. The molecule has 16 nitrogen and oxygen atoms in total. The van der Waals surface area contributed by atoms with Gasteiger partial charge in [0.15, 0.2) is 28.8 Å². The normalized spacial score (nSPS) is 24.8. The number of nitrogens with zero attached hydrogens (tertiary/aromatic N) is 3. The number of hydrogen-bond acceptors (Lipinski definition) is 11. The molecule has 0 saturated carbocycles. The Kier molecular flexibility index (Phi) is 7.32. The Balaban J connectivity index is 2.03. The highest BCUT2D eigenvalue weighted by atomic mass is 16.6. The van der Waals surface area contributed by atoms with Gasteiger partial charge in [0.2, 0.25) is 5.95 Å². The Morgan fingerprint density at radius 3 is 2.25 bits per heavy atom. The molecular formula is C24H23N5O11. The van der Waals surface area contributed by atoms with Crippen LogP contribution in [0.1, 0.15) is 36.9 Å². The molecule has 1 saturated heterocycles. The molecule has 0 radical (unpaired) electrons. The first kappa shape index (κ1) is 28.2. The van der Waals surface area contributed by atoms with Gasteiger partial charge in [-0.25, -0.2) is 4.98 Å². The van der Waals surface area contributed by atoms with Crippen molar-refractivity contribution in [1.82, 2.24) is 19.5 Å². The van der Waals surface area contributed by atoms with Crippen LogP contribution in [0.15, 0.2) is 35.1 Å². The molecule has 5 atom stereocenters. The number of aromatic amines is 1. The van der Waals surface area contributed by atoms with Crippen LogP contribution >= 0.6 is 0 Å². The van der Waals surface area contributed by atoms with E-state index < -0.39 is 84.0 Å². The molecule has 16 heteroatoms. The van der Waals surface area contributed by atoms with Crippen molar-refractivity contribution in [3.8, 4) is 11.8 Å². The zero-order chi connectivity index (χ0) is 29.4. The van der Waals surface area contributed by atoms with E-state index in [0.717, 1.165) is 4.57 Å². The lowest BCUT2D eigenvalue weighted by Gasteiger charge is -2.40. The second kappa shape index (κ2) is 10.4. The topological polar surface area (TPSA) is 271 Å². The molecule has 3 heterocycles. The van der Waals surface area contributed by atoms with Crippen LogP contribution in [0.3, 0.4) is 0 Å². The minimum atomic E-state index is -3.08. The molecule has 1 aliphatic rings. The van der Waals surface area contributed by atoms with Gasteiger partial charge in [-0.3, -0.25) is 28.7 Å². The fourth-order valence-corrected chi connectivity index (χ4v) is 4.71. The van der Waals surface area contributed by atoms with Crippen molar-refractivity contribution in [2.75, 3.05) is 5.73 Å². The average molecular weight is 557 g/mol. The van der Waals surface area contributed by atoms with E-state index in [-0.39, 0.29) is 11.3 Å². The van der Waals surface area contributed by atoms with Gasteiger partial charge in [-0.1, -0.05) is 24.1 Å². The van der Waals surface area contributed by atoms with Crippen LogP contribution < -0.4 is 11.3 Å². The Hall–Kier alpha value is -4.82. The summed E-state index contributed by atoms with van der Waals surface area (Å²) in [7, 11) is 0. The van der Waals surface area contributed by atoms with Crippen LogP contribution in [0.25, 0.3) is 11.2 Å². The van der Waals surface area contributed by atoms with Crippen molar-refractivity contribution >= 4 is 35.0 Å². The van der Waals surface area contributed by atoms with Gasteiger partial charge in [-0.2, -0.15) is 4.98 Å². The van der Waals surface area contributed by atoms with E-state index in [1.165, 1.54) is 0 Å². The number of H-pyrrole nitrogens is 1. The lowest BCUT2D eigenvalue weighted by molar-refractivity contribution is -0.188. The number of aliphatic hydroxyl groups excluding tert-OH is 1. The number of anilines is 1. The highest BCUT2D eigenvalue weighted by molar-refractivity contribution is 5.75. The van der Waals surface area contributed by atoms with E-state index in [1.807, 2.05) is 0 Å². The number of carboxylic acid groups (broad SMARTS) is 3. The number of aromatic nitrogens is 4. The Bertz CT molecular complexity index is 1610. The Morgan fingerprint density at radius 2 is 1.65 bits per heavy atom. The predicted molar refractivity (Wildman–Crippen MR) is 132 cm³/mol. The molecule has 0 spiro atoms. The van der Waals surface area contributed by atoms with Gasteiger partial charge in [0.1, 0.15) is 11.7 Å². The minimum Gasteiger partial charge on any atom is -0.481 e. The zero-order valence-electron chi connectivity index (χ0n) is 20.4. The van der Waals surface area contributed by atoms with Crippen molar-refractivity contribution in [2.24, 2.45) is 0 Å². The zero-order valence-corrected chi connectivity index (χ0v) is 20.4. The molecule has 1 unspecified atom stereocenters. The number of benzene rings is 1. The summed E-state index contributed by atoms with van der Waals surface area (Å²) in [6, 6.07) is 8.38. The SMILES string of the molecule is Nc1nc2c(nc(C#Cc3ccccc3)n2[C@@H]2O[C@H](C(O)CC(=O)O)[C@](O)(CC(=O)O)[C@]2(O)CC(=O)O)c(=O)[nH]1. The molecule has 210 valence electrons. The van der Waals surface area contributed by atoms with E-state index in [2.05, 4.69) is 26.8 Å². The second-order valence-electron chi connectivity index (χ2n) is 9.11. The predicted octanol–water partition coefficient (Wildman–Crippen LogP) is -1.75. The quantitative estimate of drug-likeness (QED) is 0.143. The van der Waals surface area contributed by atoms with Crippen molar-refractivity contribution in [3.05, 3.63) is 52.1 Å². The van der Waals surface area contributed by atoms with E-state index in [9.17, 15) is 49.8 Å². The van der Waals surface area contributed by atoms with Crippen molar-refractivity contribution in [3.63, 3.8) is 0 Å². The third kappa shape index (κ3) is 4.97. The third-order valence-corrected chi connectivity index (χ3v) is 6.37. The lowest BCUT2D eigenvalue weighted by Crippen LogP contribution is -2.62. The number of carboxylic acids is 3. The third-order valence-electron chi connectivity index (χ3n) is 6.37. The fraction of sp³-hybridized carbons (Fsp3) is 0.333. The van der Waals surface area contributed by atoms with Gasteiger partial charge in [0.25, 0.3) is 5.56 Å². The minimum absolute atomic E-state index is 0.345. The van der Waals surface area contributed by atoms with Crippen molar-refractivity contribution in [1.29, 1.82) is 0 Å². The molecule has 1 aliphatic heterocycles. The largest absolute Gasteiger partial charge is 0.481 e. The summed E-state index contributed by atoms with van der Waals surface area (Å²) >= 11 is 0. The van der Waals surface area contributed by atoms with E-state index in [0.29, 0.717) is 5.56 Å². The molecule has 9 N–H and O–H groups in total. The van der Waals surface area contributed by atoms with Gasteiger partial charge >= 0.3 is 17.9 Å². The molecule has 0 amide bonds. The first-order valence-corrected chi connectivity index (χ1v) is 11.6. The summed E-state index contributed by atoms with van der Waals surface area (Å²) in [5.41, 5.74) is -1.61. The maximum Gasteiger partial charge on any atom is 0.306 e. The van der Waals surface area contributed by atoms with Gasteiger partial charge in [0.05, 0.1) is 25.4 Å². The number of ether oxygens (including phenoxy) is 1. The van der Waals surface area contributed by atoms with Crippen molar-refractivity contribution < 1.29 is 49.8 Å². The number of nitrogens with two attached hydrogens (primary N) is 1. The highest BCUT2D eigenvalue weighted by Gasteiger charge is 2.69. The number of nitrogen functional groups attached to an aromatic ring is 1. The molecule has 0 bridgehead atoms. The summed E-state index contributed by atoms with van der Waals surface area (Å²) in [5, 5.41) is 62.3. The number of aliphatic carboxylic acids is 3. The van der Waals surface area contributed by atoms with E-state index in [4.69, 9.17) is 10.5 Å². The summed E-state index contributed by atoms with van der Waals surface area (Å²) in [4.78, 5) is 57.9. The maximum atomic E-state index is 12.6. The van der Waals surface area contributed by atoms with E-state index >= 15 is 0 Å². The van der Waals surface area contributed by atoms with Crippen LogP contribution in [0, 0.1) is 11.8 Å². The van der Waals surface area contributed by atoms with Crippen LogP contribution in [-0.4, -0.2) is 91.5 Å². The molecule has 4 rings (SSSR count). The Morgan fingerprint density at radius 1 is 1.02 bits per heavy atom. The molecule has 1 fully saturated rings. The first-order valence-electron chi connectivity index (χ1n) is 11.6. The van der Waals surface area contributed by atoms with Crippen LogP contribution in [0.5, 0.6) is 0 Å². The number of aliphatic hydroxyl groups is 3. The molecule has 1 aromatic carbocycles. The smallest absolute Gasteiger partial charge is 0.306 e. The van der Waals surface area contributed by atoms with Crippen LogP contribution in [-0.2, 0) is 19.1 Å². The first-order chi connectivity index (χ1) is 18.8. The van der Waals surface area contributed by atoms with Gasteiger partial charge in [-0.05, 0) is 18.1 Å². The summed E-state index contributed by atoms with van der Waals surface area (Å²) in [6.45, 7) is 0. The summed E-state index contributed by atoms with van der Waals surface area (Å²) < 4.78 is 6.55. The molecule has 3 aromatic rings. The monoisotopic (exact) mass is 557 g/mol. The Labute approximate surface area is 223 Å². The number of fused-ring (bicyclic) bond motifs is 1. The lowest BCUT2D eigenvalue weighted by atomic mass is 9.73. The van der Waals surface area contributed by atoms with Gasteiger partial charge in [0, 0.05) is 5.56 Å². The second-order valence-corrected chi connectivity index (χ2v) is 9.11. The van der Waals surface area contributed by atoms with Crippen LogP contribution in [0.4, 0.5) is 5.95 Å². The number of imidazole rings is 1. The van der Waals surface area contributed by atoms with Crippen LogP contribution in [0.2, 0.25) is 0 Å². The highest BCUT2D eigenvalue weighted by Crippen LogP contribution is 2.51. The molecule has 2 aromatic heterocycles. The van der Waals surface area contributed by atoms with Gasteiger partial charge in [-0.15, -0.1) is 0 Å². The summed E-state index contributed by atoms with van der Waals surface area (Å²) in [5.74, 6) is -0.383. The fourth-order valence-electron chi connectivity index (χ4n) is 4.71. The van der Waals surface area contributed by atoms with Gasteiger partial charge < -0.3 is 41.1 Å². The standard InChI is InChI=1S/C24H23N5O11/c25-22-27-19-17(20(37)28-22)26-13(7-6-11-4-2-1-3-5-11)29(19)21-24(39,10-16(35)36)23(38,9-15(33)34)18(40-21)12(30)8-14(31)32/h1-5,12,18,21,30,38-39H,8-10H2,(H,31,32)(H,33,34)(H,35,36)(H3,25,27,28,37)/t12?,18-,21-,23-,24+/m1/s1. The number of hydrogen-bond donors (Lipinski definition) is 8. The number of carbonyl (C=O) groups is 3. The van der Waals surface area contributed by atoms with Crippen molar-refractivity contribution in [2.45, 2.75) is 48.9 Å². The summed E-state index contributed by atoms with van der Waals surface area (Å²) in [6.07, 6.45) is -10.2.